The van der Waals surface area contributed by atoms with Gasteiger partial charge in [-0.25, -0.2) is 0 Å². The number of nitrogens with zero attached hydrogens (tertiary/aromatic N) is 1. The molecule has 1 aromatic rings. The molecular weight excluding hydrogens is 186 g/mol. The first-order valence-corrected chi connectivity index (χ1v) is 5.44. The third-order valence-corrected chi connectivity index (χ3v) is 2.90. The van der Waals surface area contributed by atoms with E-state index in [0.717, 1.165) is 24.9 Å². The van der Waals surface area contributed by atoms with Gasteiger partial charge in [-0.05, 0) is 37.0 Å². The molecule has 1 unspecified atom stereocenters. The summed E-state index contributed by atoms with van der Waals surface area (Å²) in [6, 6.07) is 8.33. The summed E-state index contributed by atoms with van der Waals surface area (Å²) in [6.07, 6.45) is 4.59. The van der Waals surface area contributed by atoms with Crippen LogP contribution in [0, 0.1) is 6.42 Å². The van der Waals surface area contributed by atoms with E-state index in [-0.39, 0.29) is 6.17 Å². The minimum Gasteiger partial charge on any atom is -0.356 e. The van der Waals surface area contributed by atoms with Crippen molar-refractivity contribution in [1.82, 2.24) is 0 Å². The van der Waals surface area contributed by atoms with E-state index in [1.54, 1.807) is 0 Å². The largest absolute Gasteiger partial charge is 0.356 e. The van der Waals surface area contributed by atoms with E-state index < -0.39 is 0 Å². The Balaban J connectivity index is 2.13. The topological polar surface area (TPSA) is 55.3 Å². The second kappa shape index (κ2) is 4.64. The highest BCUT2D eigenvalue weighted by atomic mass is 15.2. The lowest BCUT2D eigenvalue weighted by Gasteiger charge is -2.34. The Labute approximate surface area is 91.1 Å². The van der Waals surface area contributed by atoms with Gasteiger partial charge in [0, 0.05) is 18.8 Å². The smallest absolute Gasteiger partial charge is 0.0771 e. The van der Waals surface area contributed by atoms with Gasteiger partial charge in [-0.2, -0.15) is 0 Å². The average molecular weight is 204 g/mol. The number of rotatable bonds is 2. The van der Waals surface area contributed by atoms with Crippen LogP contribution in [-0.2, 0) is 6.54 Å². The second-order valence-electron chi connectivity index (χ2n) is 3.96. The summed E-state index contributed by atoms with van der Waals surface area (Å²) in [5.74, 6) is 0. The zero-order valence-corrected chi connectivity index (χ0v) is 8.89. The van der Waals surface area contributed by atoms with Crippen molar-refractivity contribution in [3.05, 3.63) is 36.2 Å². The standard InChI is InChI=1S/C12H18N3/c13-9-10-4-6-11(7-5-10)15-8-2-1-3-12(15)14/h2,4-7,12H,1,3,8-9,13-14H2. The quantitative estimate of drug-likeness (QED) is 0.762. The van der Waals surface area contributed by atoms with E-state index in [1.165, 1.54) is 5.69 Å². The molecule has 3 heteroatoms. The predicted octanol–water partition coefficient (Wildman–Crippen LogP) is 1.23. The third kappa shape index (κ3) is 2.30. The molecular formula is C12H18N3. The van der Waals surface area contributed by atoms with Crippen LogP contribution in [0.2, 0.25) is 0 Å². The van der Waals surface area contributed by atoms with Crippen LogP contribution in [0.1, 0.15) is 18.4 Å². The first kappa shape index (κ1) is 10.5. The first-order valence-electron chi connectivity index (χ1n) is 5.44. The number of hydrogen-bond donors (Lipinski definition) is 2. The molecule has 3 nitrogen and oxygen atoms in total. The van der Waals surface area contributed by atoms with Crippen molar-refractivity contribution < 1.29 is 0 Å². The molecule has 0 aromatic heterocycles. The Morgan fingerprint density at radius 2 is 2.00 bits per heavy atom. The number of anilines is 1. The molecule has 1 aromatic carbocycles. The summed E-state index contributed by atoms with van der Waals surface area (Å²) < 4.78 is 0. The monoisotopic (exact) mass is 204 g/mol. The van der Waals surface area contributed by atoms with Crippen LogP contribution >= 0.6 is 0 Å². The van der Waals surface area contributed by atoms with Crippen molar-refractivity contribution in [2.45, 2.75) is 25.6 Å². The van der Waals surface area contributed by atoms with Crippen LogP contribution < -0.4 is 16.4 Å². The van der Waals surface area contributed by atoms with E-state index >= 15 is 0 Å². The number of hydrogen-bond acceptors (Lipinski definition) is 3. The van der Waals surface area contributed by atoms with Crippen LogP contribution in [0.4, 0.5) is 5.69 Å². The minimum absolute atomic E-state index is 0.152. The highest BCUT2D eigenvalue weighted by molar-refractivity contribution is 5.49. The lowest BCUT2D eigenvalue weighted by atomic mass is 10.1. The van der Waals surface area contributed by atoms with E-state index in [1.807, 2.05) is 0 Å². The Morgan fingerprint density at radius 3 is 2.60 bits per heavy atom. The predicted molar refractivity (Wildman–Crippen MR) is 63.2 cm³/mol. The fourth-order valence-electron chi connectivity index (χ4n) is 1.93. The van der Waals surface area contributed by atoms with Crippen molar-refractivity contribution >= 4 is 5.69 Å². The molecule has 2 rings (SSSR count). The van der Waals surface area contributed by atoms with Gasteiger partial charge in [0.05, 0.1) is 6.17 Å². The van der Waals surface area contributed by atoms with Gasteiger partial charge in [-0.15, -0.1) is 0 Å². The SMILES string of the molecule is NCc1ccc(N2C[CH]CCC2N)cc1. The van der Waals surface area contributed by atoms with E-state index in [0.29, 0.717) is 6.54 Å². The van der Waals surface area contributed by atoms with Crippen molar-refractivity contribution in [3.63, 3.8) is 0 Å². The summed E-state index contributed by atoms with van der Waals surface area (Å²) >= 11 is 0. The van der Waals surface area contributed by atoms with E-state index in [2.05, 4.69) is 35.6 Å². The molecule has 4 N–H and O–H groups in total. The molecule has 1 saturated heterocycles. The van der Waals surface area contributed by atoms with Crippen LogP contribution in [-0.4, -0.2) is 12.7 Å². The normalized spacial score (nSPS) is 21.7. The molecule has 0 amide bonds. The van der Waals surface area contributed by atoms with Gasteiger partial charge >= 0.3 is 0 Å². The molecule has 0 saturated carbocycles. The minimum atomic E-state index is 0.152. The van der Waals surface area contributed by atoms with Gasteiger partial charge in [-0.3, -0.25) is 0 Å². The lowest BCUT2D eigenvalue weighted by Crippen LogP contribution is -2.45. The van der Waals surface area contributed by atoms with Gasteiger partial charge in [-0.1, -0.05) is 12.1 Å². The summed E-state index contributed by atoms with van der Waals surface area (Å²) in [5, 5.41) is 0. The van der Waals surface area contributed by atoms with Crippen molar-refractivity contribution in [2.75, 3.05) is 11.4 Å². The highest BCUT2D eigenvalue weighted by Crippen LogP contribution is 2.22. The Bertz CT molecular complexity index is 307. The average Bonchev–Trinajstić information content (AvgIpc) is 2.30. The van der Waals surface area contributed by atoms with E-state index in [4.69, 9.17) is 11.5 Å². The van der Waals surface area contributed by atoms with Crippen LogP contribution in [0.5, 0.6) is 0 Å². The maximum atomic E-state index is 6.06. The molecule has 1 fully saturated rings. The molecule has 81 valence electrons. The third-order valence-electron chi connectivity index (χ3n) is 2.90. The number of piperidine rings is 1. The molecule has 0 bridgehead atoms. The molecule has 15 heavy (non-hydrogen) atoms. The second-order valence-corrected chi connectivity index (χ2v) is 3.96. The number of nitrogens with two attached hydrogens (primary N) is 2. The molecule has 0 aliphatic carbocycles. The van der Waals surface area contributed by atoms with Crippen molar-refractivity contribution in [2.24, 2.45) is 11.5 Å². The molecule has 1 heterocycles. The van der Waals surface area contributed by atoms with Gasteiger partial charge in [0.1, 0.15) is 0 Å². The fraction of sp³-hybridized carbons (Fsp3) is 0.417. The van der Waals surface area contributed by atoms with E-state index in [9.17, 15) is 0 Å². The van der Waals surface area contributed by atoms with Crippen molar-refractivity contribution in [3.8, 4) is 0 Å². The fourth-order valence-corrected chi connectivity index (χ4v) is 1.93. The Hall–Kier alpha value is -1.06. The molecule has 1 aliphatic rings. The summed E-state index contributed by atoms with van der Waals surface area (Å²) in [5.41, 5.74) is 14.0. The van der Waals surface area contributed by atoms with Crippen LogP contribution in [0.15, 0.2) is 24.3 Å². The van der Waals surface area contributed by atoms with Crippen LogP contribution in [0.3, 0.4) is 0 Å². The molecule has 1 radical (unpaired) electrons. The van der Waals surface area contributed by atoms with Gasteiger partial charge < -0.3 is 16.4 Å². The highest BCUT2D eigenvalue weighted by Gasteiger charge is 2.18. The van der Waals surface area contributed by atoms with Gasteiger partial charge in [0.25, 0.3) is 0 Å². The lowest BCUT2D eigenvalue weighted by molar-refractivity contribution is 0.529. The first-order chi connectivity index (χ1) is 7.31. The molecule has 1 aliphatic heterocycles. The van der Waals surface area contributed by atoms with Gasteiger partial charge in [0.15, 0.2) is 0 Å². The number of benzene rings is 1. The summed E-state index contributed by atoms with van der Waals surface area (Å²) in [7, 11) is 0. The Kier molecular flexibility index (Phi) is 3.23. The zero-order chi connectivity index (χ0) is 10.7. The molecule has 0 spiro atoms. The Morgan fingerprint density at radius 1 is 1.27 bits per heavy atom. The van der Waals surface area contributed by atoms with Crippen molar-refractivity contribution in [1.29, 1.82) is 0 Å². The zero-order valence-electron chi connectivity index (χ0n) is 8.89. The maximum absolute atomic E-state index is 6.06. The van der Waals surface area contributed by atoms with Gasteiger partial charge in [0.2, 0.25) is 0 Å². The molecule has 1 atom stereocenters. The maximum Gasteiger partial charge on any atom is 0.0771 e. The summed E-state index contributed by atoms with van der Waals surface area (Å²) in [6.45, 7) is 1.54. The van der Waals surface area contributed by atoms with Crippen LogP contribution in [0.25, 0.3) is 0 Å². The summed E-state index contributed by atoms with van der Waals surface area (Å²) in [4.78, 5) is 2.23.